The van der Waals surface area contributed by atoms with E-state index in [1.807, 2.05) is 0 Å². The van der Waals surface area contributed by atoms with Gasteiger partial charge in [0.15, 0.2) is 35.2 Å². The van der Waals surface area contributed by atoms with E-state index in [1.54, 1.807) is 28.8 Å². The third-order valence-electron chi connectivity index (χ3n) is 10.3. The van der Waals surface area contributed by atoms with Gasteiger partial charge >= 0.3 is 12.1 Å². The zero-order valence-electron chi connectivity index (χ0n) is 29.0. The highest BCUT2D eigenvalue weighted by atomic mass is 19.1. The van der Waals surface area contributed by atoms with E-state index < -0.39 is 52.4 Å². The van der Waals surface area contributed by atoms with Crippen LogP contribution in [0.1, 0.15) is 55.3 Å². The molecule has 3 unspecified atom stereocenters. The van der Waals surface area contributed by atoms with Crippen LogP contribution in [0.4, 0.5) is 13.6 Å². The number of aliphatic imine (C=N–C) groups is 1. The smallest absolute Gasteiger partial charge is 0.407 e. The Labute approximate surface area is 306 Å². The first-order valence-corrected chi connectivity index (χ1v) is 17.6. The fourth-order valence-corrected chi connectivity index (χ4v) is 7.66. The average molecular weight is 749 g/mol. The topological polar surface area (TPSA) is 238 Å². The molecule has 1 spiro atoms. The molecule has 10 N–H and O–H groups in total. The van der Waals surface area contributed by atoms with Crippen LogP contribution >= 0.6 is 0 Å². The van der Waals surface area contributed by atoms with Crippen molar-refractivity contribution in [2.24, 2.45) is 16.5 Å². The summed E-state index contributed by atoms with van der Waals surface area (Å²) >= 11 is 0. The van der Waals surface area contributed by atoms with Gasteiger partial charge in [-0.15, -0.1) is 0 Å². The van der Waals surface area contributed by atoms with E-state index in [1.165, 1.54) is 0 Å². The van der Waals surface area contributed by atoms with Gasteiger partial charge in [-0.3, -0.25) is 20.6 Å². The molecule has 2 aromatic carbocycles. The lowest BCUT2D eigenvalue weighted by atomic mass is 9.87. The quantitative estimate of drug-likeness (QED) is 0.0342. The minimum Gasteiger partial charge on any atom is -0.505 e. The fourth-order valence-electron chi connectivity index (χ4n) is 7.66. The number of benzene rings is 3. The number of unbranched alkanes of at least 4 members (excludes halogenated alkanes) is 4. The van der Waals surface area contributed by atoms with Gasteiger partial charge < -0.3 is 40.8 Å². The van der Waals surface area contributed by atoms with E-state index in [2.05, 4.69) is 20.9 Å². The van der Waals surface area contributed by atoms with Gasteiger partial charge in [0.1, 0.15) is 24.0 Å². The number of halogens is 2. The number of alkyl carbamates (subject to hydrolysis) is 1. The number of Topliss-reactive ketones (excluding diaryl/α,β-unsaturated/α-hetero) is 1. The van der Waals surface area contributed by atoms with Gasteiger partial charge in [-0.25, -0.2) is 23.1 Å². The van der Waals surface area contributed by atoms with Gasteiger partial charge in [0.25, 0.3) is 0 Å². The van der Waals surface area contributed by atoms with E-state index in [4.69, 9.17) is 20.6 Å². The number of nitrogens with zero attached hydrogens (tertiary/aromatic N) is 2. The molecule has 3 atom stereocenters. The molecule has 4 aliphatic heterocycles. The third-order valence-corrected chi connectivity index (χ3v) is 10.3. The number of nitrogens with one attached hydrogen (secondary N) is 3. The first-order valence-electron chi connectivity index (χ1n) is 17.6. The lowest BCUT2D eigenvalue weighted by Crippen LogP contribution is -2.77. The van der Waals surface area contributed by atoms with Gasteiger partial charge in [0.05, 0.1) is 6.54 Å². The number of hydrogen-bond donors (Lipinski definition) is 8. The van der Waals surface area contributed by atoms with Gasteiger partial charge in [-0.05, 0) is 30.5 Å². The van der Waals surface area contributed by atoms with Crippen molar-refractivity contribution in [2.45, 2.75) is 68.5 Å². The van der Waals surface area contributed by atoms with Crippen molar-refractivity contribution in [3.8, 4) is 28.2 Å². The summed E-state index contributed by atoms with van der Waals surface area (Å²) in [6, 6.07) is 9.35. The first kappa shape index (κ1) is 36.5. The van der Waals surface area contributed by atoms with Crippen molar-refractivity contribution in [1.82, 2.24) is 16.0 Å². The predicted octanol–water partition coefficient (Wildman–Crippen LogP) is 2.16. The molecule has 284 valence electrons. The summed E-state index contributed by atoms with van der Waals surface area (Å²) in [6.07, 6.45) is 3.49. The standard InChI is InChI=1S/C37H39F2N7O8/c38-23-14-21-29(16-27(23)48)54-30-17-28(49)24(39)15-22(30)31(21)20-9-7-19(8-10-20)26(47)6-4-2-1-3-5-12-42-35(50)53-18-25-32-37(45-33(40)44-32)36(51,52)11-13-46(37)34(41)43-25/h7-10,14-17,25,32,51-52H,1-6,11-13,18H2,(H7,40,41,42,43,44,45,48,49,50)/p+1. The number of phenols is 1. The normalized spacial score (nSPS) is 21.3. The van der Waals surface area contributed by atoms with Crippen LogP contribution in [0, 0.1) is 11.6 Å². The Hall–Kier alpha value is -5.81. The molecule has 54 heavy (non-hydrogen) atoms. The highest BCUT2D eigenvalue weighted by Gasteiger charge is 2.71. The molecule has 1 amide bonds. The molecular weight excluding hydrogens is 708 g/mol. The maximum atomic E-state index is 14.4. The van der Waals surface area contributed by atoms with Crippen molar-refractivity contribution < 1.29 is 47.4 Å². The number of nitrogens with two attached hydrogens (primary N) is 2. The average Bonchev–Trinajstić information content (AvgIpc) is 3.63. The molecule has 15 nitrogen and oxygen atoms in total. The van der Waals surface area contributed by atoms with Crippen LogP contribution in [-0.2, 0) is 4.74 Å². The second-order valence-corrected chi connectivity index (χ2v) is 13.8. The number of aromatic hydroxyl groups is 1. The molecule has 5 aliphatic rings. The van der Waals surface area contributed by atoms with Gasteiger partial charge in [-0.2, -0.15) is 0 Å². The number of phenolic OH excluding ortho intramolecular Hbond substituents is 1. The summed E-state index contributed by atoms with van der Waals surface area (Å²) in [5, 5.41) is 40.3. The van der Waals surface area contributed by atoms with Gasteiger partial charge in [0, 0.05) is 53.6 Å². The molecular formula is C37H40F2N7O8+. The molecule has 4 heterocycles. The number of carbonyl (C=O) groups excluding carboxylic acids is 2. The second-order valence-electron chi connectivity index (χ2n) is 13.8. The molecule has 2 aromatic rings. The minimum absolute atomic E-state index is 0.0133. The van der Waals surface area contributed by atoms with Crippen LogP contribution in [0.5, 0.6) is 5.75 Å². The summed E-state index contributed by atoms with van der Waals surface area (Å²) in [4.78, 5) is 41.7. The lowest BCUT2D eigenvalue weighted by Gasteiger charge is -2.42. The van der Waals surface area contributed by atoms with Crippen molar-refractivity contribution in [3.63, 3.8) is 0 Å². The molecule has 17 heteroatoms. The van der Waals surface area contributed by atoms with Crippen LogP contribution in [0.2, 0.25) is 0 Å². The molecule has 1 fully saturated rings. The van der Waals surface area contributed by atoms with Crippen molar-refractivity contribution in [1.29, 1.82) is 0 Å². The zero-order chi connectivity index (χ0) is 38.4. The van der Waals surface area contributed by atoms with E-state index in [9.17, 15) is 38.5 Å². The van der Waals surface area contributed by atoms with E-state index in [0.29, 0.717) is 42.5 Å². The fraction of sp³-hybridized carbons (Fsp3) is 0.378. The summed E-state index contributed by atoms with van der Waals surface area (Å²) in [5.41, 5.74) is 11.5. The molecule has 0 aromatic heterocycles. The Bertz CT molecular complexity index is 2220. The first-order chi connectivity index (χ1) is 25.8. The third kappa shape index (κ3) is 6.53. The van der Waals surface area contributed by atoms with Crippen LogP contribution in [0.25, 0.3) is 33.4 Å². The highest BCUT2D eigenvalue weighted by molar-refractivity contribution is 6.03. The summed E-state index contributed by atoms with van der Waals surface area (Å²) in [7, 11) is 0. The maximum absolute atomic E-state index is 14.4. The molecule has 1 saturated heterocycles. The van der Waals surface area contributed by atoms with Crippen molar-refractivity contribution in [2.75, 3.05) is 19.7 Å². The van der Waals surface area contributed by atoms with Crippen molar-refractivity contribution in [3.05, 3.63) is 76.0 Å². The van der Waals surface area contributed by atoms with Crippen LogP contribution < -0.4 is 32.8 Å². The molecule has 0 saturated carbocycles. The van der Waals surface area contributed by atoms with Crippen LogP contribution in [-0.4, -0.2) is 86.9 Å². The predicted molar refractivity (Wildman–Crippen MR) is 192 cm³/mol. The molecule has 0 radical (unpaired) electrons. The Morgan fingerprint density at radius 1 is 1.04 bits per heavy atom. The zero-order valence-corrected chi connectivity index (χ0v) is 29.0. The SMILES string of the molecule is NC1=NC2C(COC(=O)NCCCCCCCC(=O)c3ccc(-c4c5cc(F)c(=O)cc-5oc5cc(O)c(F)cc45)cc3)NC(N)=[N+]3CCC(O)(O)C23N1. The van der Waals surface area contributed by atoms with Crippen LogP contribution in [0.15, 0.2) is 62.7 Å². The van der Waals surface area contributed by atoms with Gasteiger partial charge in [0.2, 0.25) is 16.9 Å². The Morgan fingerprint density at radius 2 is 1.78 bits per heavy atom. The molecule has 0 bridgehead atoms. The minimum atomic E-state index is -2.17. The summed E-state index contributed by atoms with van der Waals surface area (Å²) < 4.78 is 41.4. The lowest BCUT2D eigenvalue weighted by molar-refractivity contribution is -0.623. The number of ketones is 1. The number of ether oxygens (including phenoxy) is 1. The maximum Gasteiger partial charge on any atom is 0.407 e. The second kappa shape index (κ2) is 14.2. The summed E-state index contributed by atoms with van der Waals surface area (Å²) in [5.74, 6) is -4.49. The van der Waals surface area contributed by atoms with E-state index in [0.717, 1.165) is 43.5 Å². The number of hydrogen-bond acceptors (Lipinski definition) is 13. The summed E-state index contributed by atoms with van der Waals surface area (Å²) in [6.45, 7) is 0.484. The number of guanidine groups is 2. The number of aliphatic hydroxyl groups is 2. The van der Waals surface area contributed by atoms with Crippen molar-refractivity contribution >= 4 is 34.8 Å². The largest absolute Gasteiger partial charge is 0.505 e. The Balaban J connectivity index is 0.854. The van der Waals surface area contributed by atoms with Gasteiger partial charge in [-0.1, -0.05) is 43.5 Å². The molecule has 7 rings (SSSR count). The molecule has 1 aliphatic carbocycles. The van der Waals surface area contributed by atoms with E-state index >= 15 is 0 Å². The number of fused-ring (bicyclic) bond motifs is 2. The Morgan fingerprint density at radius 3 is 2.56 bits per heavy atom. The number of carbonyl (C=O) groups is 2. The van der Waals surface area contributed by atoms with E-state index in [-0.39, 0.29) is 59.6 Å². The Kier molecular flexibility index (Phi) is 9.61. The van der Waals surface area contributed by atoms with Crippen LogP contribution in [0.3, 0.4) is 0 Å². The highest BCUT2D eigenvalue weighted by Crippen LogP contribution is 2.43. The monoisotopic (exact) mass is 748 g/mol. The number of amides is 1. The number of rotatable bonds is 12.